The van der Waals surface area contributed by atoms with Crippen LogP contribution in [-0.4, -0.2) is 42.0 Å². The van der Waals surface area contributed by atoms with Crippen LogP contribution in [0.5, 0.6) is 0 Å². The van der Waals surface area contributed by atoms with Gasteiger partial charge in [-0.15, -0.1) is 0 Å². The number of Topliss-reactive ketones (excluding diaryl/α,β-unsaturated/α-hetero) is 1. The largest absolute Gasteiger partial charge is 0.392 e. The van der Waals surface area contributed by atoms with E-state index in [-0.39, 0.29) is 5.78 Å². The highest BCUT2D eigenvalue weighted by molar-refractivity contribution is 5.99. The molecule has 0 fully saturated rings. The zero-order valence-electron chi connectivity index (χ0n) is 11.9. The number of nitrogens with zero attached hydrogens (tertiary/aromatic N) is 1. The molecular weight excluding hydrogens is 226 g/mol. The first-order valence-corrected chi connectivity index (χ1v) is 6.29. The minimum Gasteiger partial charge on any atom is -0.392 e. The van der Waals surface area contributed by atoms with Gasteiger partial charge in [-0.25, -0.2) is 0 Å². The van der Waals surface area contributed by atoms with Gasteiger partial charge in [-0.1, -0.05) is 6.07 Å². The molecule has 0 aliphatic rings. The van der Waals surface area contributed by atoms with Gasteiger partial charge in [-0.3, -0.25) is 9.69 Å². The first kappa shape index (κ1) is 14.9. The van der Waals surface area contributed by atoms with Gasteiger partial charge in [-0.05, 0) is 57.5 Å². The van der Waals surface area contributed by atoms with E-state index in [0.717, 1.165) is 16.7 Å². The molecule has 1 atom stereocenters. The van der Waals surface area contributed by atoms with Crippen molar-refractivity contribution in [3.8, 4) is 0 Å². The second-order valence-corrected chi connectivity index (χ2v) is 5.22. The summed E-state index contributed by atoms with van der Waals surface area (Å²) in [6.45, 7) is 8.61. The first-order chi connectivity index (χ1) is 8.31. The number of hydrogen-bond acceptors (Lipinski definition) is 3. The van der Waals surface area contributed by atoms with Crippen LogP contribution in [0.3, 0.4) is 0 Å². The molecule has 0 aliphatic heterocycles. The van der Waals surface area contributed by atoms with E-state index in [1.165, 1.54) is 5.56 Å². The first-order valence-electron chi connectivity index (χ1n) is 6.29. The van der Waals surface area contributed by atoms with Gasteiger partial charge in [0.1, 0.15) is 0 Å². The highest BCUT2D eigenvalue weighted by Gasteiger charge is 2.13. The molecule has 0 radical (unpaired) electrons. The molecule has 0 aromatic heterocycles. The lowest BCUT2D eigenvalue weighted by Gasteiger charge is -2.18. The number of carbonyl (C=O) groups excluding carboxylic acids is 1. The minimum atomic E-state index is -0.413. The molecule has 0 aliphatic carbocycles. The molecule has 3 nitrogen and oxygen atoms in total. The van der Waals surface area contributed by atoms with E-state index in [2.05, 4.69) is 13.0 Å². The van der Waals surface area contributed by atoms with Crippen molar-refractivity contribution in [3.05, 3.63) is 34.4 Å². The van der Waals surface area contributed by atoms with Crippen molar-refractivity contribution >= 4 is 5.78 Å². The van der Waals surface area contributed by atoms with Crippen LogP contribution in [0.4, 0.5) is 0 Å². The van der Waals surface area contributed by atoms with E-state index < -0.39 is 6.10 Å². The average molecular weight is 249 g/mol. The number of aryl methyl sites for hydroxylation is 3. The predicted octanol–water partition coefficient (Wildman–Crippen LogP) is 2.11. The summed E-state index contributed by atoms with van der Waals surface area (Å²) in [6.07, 6.45) is -0.413. The summed E-state index contributed by atoms with van der Waals surface area (Å²) in [4.78, 5) is 14.0. The zero-order chi connectivity index (χ0) is 13.9. The summed E-state index contributed by atoms with van der Waals surface area (Å²) in [5.74, 6) is 0.110. The monoisotopic (exact) mass is 249 g/mol. The molecule has 100 valence electrons. The van der Waals surface area contributed by atoms with Crippen molar-refractivity contribution in [2.75, 3.05) is 20.1 Å². The number of aliphatic hydroxyl groups is 1. The van der Waals surface area contributed by atoms with Gasteiger partial charge in [-0.2, -0.15) is 0 Å². The van der Waals surface area contributed by atoms with Crippen LogP contribution in [0.2, 0.25) is 0 Å². The molecule has 0 saturated heterocycles. The van der Waals surface area contributed by atoms with Crippen LogP contribution in [0, 0.1) is 20.8 Å². The molecule has 1 rings (SSSR count). The molecule has 1 aromatic carbocycles. The third-order valence-corrected chi connectivity index (χ3v) is 3.13. The zero-order valence-corrected chi connectivity index (χ0v) is 11.9. The van der Waals surface area contributed by atoms with Crippen molar-refractivity contribution in [1.82, 2.24) is 4.90 Å². The van der Waals surface area contributed by atoms with Gasteiger partial charge in [0.15, 0.2) is 5.78 Å². The van der Waals surface area contributed by atoms with Gasteiger partial charge in [0, 0.05) is 12.1 Å². The van der Waals surface area contributed by atoms with E-state index in [0.29, 0.717) is 13.1 Å². The Morgan fingerprint density at radius 3 is 2.33 bits per heavy atom. The van der Waals surface area contributed by atoms with Crippen LogP contribution in [-0.2, 0) is 0 Å². The number of carbonyl (C=O) groups is 1. The third kappa shape index (κ3) is 3.93. The summed E-state index contributed by atoms with van der Waals surface area (Å²) in [5, 5.41) is 9.29. The highest BCUT2D eigenvalue weighted by atomic mass is 16.3. The SMILES string of the molecule is Cc1cc(C)c(C(=O)CN(C)CC(C)O)cc1C. The predicted molar refractivity (Wildman–Crippen MR) is 74.2 cm³/mol. The number of ketones is 1. The van der Waals surface area contributed by atoms with Crippen molar-refractivity contribution in [3.63, 3.8) is 0 Å². The fraction of sp³-hybridized carbons (Fsp3) is 0.533. The molecule has 1 unspecified atom stereocenters. The fourth-order valence-corrected chi connectivity index (χ4v) is 2.11. The molecular formula is C15H23NO2. The Balaban J connectivity index is 2.82. The van der Waals surface area contributed by atoms with Crippen LogP contribution in [0.1, 0.15) is 34.0 Å². The van der Waals surface area contributed by atoms with Crippen molar-refractivity contribution in [1.29, 1.82) is 0 Å². The van der Waals surface area contributed by atoms with Crippen molar-refractivity contribution < 1.29 is 9.90 Å². The van der Waals surface area contributed by atoms with E-state index >= 15 is 0 Å². The Bertz CT molecular complexity index is 438. The van der Waals surface area contributed by atoms with Gasteiger partial charge >= 0.3 is 0 Å². The van der Waals surface area contributed by atoms with Crippen LogP contribution < -0.4 is 0 Å². The number of likely N-dealkylation sites (N-methyl/N-ethyl adjacent to an activating group) is 1. The Morgan fingerprint density at radius 1 is 1.22 bits per heavy atom. The quantitative estimate of drug-likeness (QED) is 0.813. The fourth-order valence-electron chi connectivity index (χ4n) is 2.11. The summed E-state index contributed by atoms with van der Waals surface area (Å²) in [6, 6.07) is 4.01. The van der Waals surface area contributed by atoms with Gasteiger partial charge in [0.05, 0.1) is 12.6 Å². The van der Waals surface area contributed by atoms with Crippen molar-refractivity contribution in [2.45, 2.75) is 33.8 Å². The Labute approximate surface area is 109 Å². The normalized spacial score (nSPS) is 12.8. The molecule has 0 bridgehead atoms. The summed E-state index contributed by atoms with van der Waals surface area (Å²) in [5.41, 5.74) is 4.16. The third-order valence-electron chi connectivity index (χ3n) is 3.13. The summed E-state index contributed by atoms with van der Waals surface area (Å²) < 4.78 is 0. The maximum absolute atomic E-state index is 12.2. The molecule has 0 amide bonds. The number of benzene rings is 1. The number of aliphatic hydroxyl groups excluding tert-OH is 1. The van der Waals surface area contributed by atoms with Gasteiger partial charge in [0.2, 0.25) is 0 Å². The van der Waals surface area contributed by atoms with Crippen LogP contribution in [0.25, 0.3) is 0 Å². The molecule has 0 heterocycles. The summed E-state index contributed by atoms with van der Waals surface area (Å²) in [7, 11) is 1.85. The number of rotatable bonds is 5. The Morgan fingerprint density at radius 2 is 1.78 bits per heavy atom. The molecule has 18 heavy (non-hydrogen) atoms. The minimum absolute atomic E-state index is 0.110. The van der Waals surface area contributed by atoms with Gasteiger partial charge in [0.25, 0.3) is 0 Å². The lowest BCUT2D eigenvalue weighted by atomic mass is 9.98. The standard InChI is InChI=1S/C15H23NO2/c1-10-6-12(3)14(7-11(10)2)15(18)9-16(5)8-13(4)17/h6-7,13,17H,8-9H2,1-5H3. The number of hydrogen-bond donors (Lipinski definition) is 1. The Hall–Kier alpha value is -1.19. The van der Waals surface area contributed by atoms with Crippen LogP contribution in [0.15, 0.2) is 12.1 Å². The second-order valence-electron chi connectivity index (χ2n) is 5.22. The average Bonchev–Trinajstić information content (AvgIpc) is 2.21. The van der Waals surface area contributed by atoms with Gasteiger partial charge < -0.3 is 5.11 Å². The molecule has 1 N–H and O–H groups in total. The van der Waals surface area contributed by atoms with Crippen LogP contribution >= 0.6 is 0 Å². The highest BCUT2D eigenvalue weighted by Crippen LogP contribution is 2.16. The summed E-state index contributed by atoms with van der Waals surface area (Å²) >= 11 is 0. The molecule has 3 heteroatoms. The van der Waals surface area contributed by atoms with E-state index in [9.17, 15) is 9.90 Å². The maximum Gasteiger partial charge on any atom is 0.177 e. The second kappa shape index (κ2) is 6.12. The smallest absolute Gasteiger partial charge is 0.177 e. The molecule has 0 saturated carbocycles. The lowest BCUT2D eigenvalue weighted by molar-refractivity contribution is 0.0900. The Kier molecular flexibility index (Phi) is 5.05. The lowest BCUT2D eigenvalue weighted by Crippen LogP contribution is -2.32. The molecule has 0 spiro atoms. The topological polar surface area (TPSA) is 40.5 Å². The maximum atomic E-state index is 12.2. The molecule has 1 aromatic rings. The van der Waals surface area contributed by atoms with Crippen molar-refractivity contribution in [2.24, 2.45) is 0 Å². The van der Waals surface area contributed by atoms with E-state index in [1.807, 2.05) is 31.9 Å². The van der Waals surface area contributed by atoms with E-state index in [4.69, 9.17) is 0 Å². The van der Waals surface area contributed by atoms with E-state index in [1.54, 1.807) is 6.92 Å².